The minimum atomic E-state index is -1.56. The van der Waals surface area contributed by atoms with Gasteiger partial charge in [-0.2, -0.15) is 0 Å². The van der Waals surface area contributed by atoms with E-state index in [0.29, 0.717) is 0 Å². The molecule has 0 unspecified atom stereocenters. The summed E-state index contributed by atoms with van der Waals surface area (Å²) in [7, 11) is -1.56. The number of rotatable bonds is 5. The quantitative estimate of drug-likeness (QED) is 0.430. The van der Waals surface area contributed by atoms with Gasteiger partial charge < -0.3 is 9.53 Å². The van der Waals surface area contributed by atoms with Crippen LogP contribution in [0.15, 0.2) is 0 Å². The molecule has 0 spiro atoms. The summed E-state index contributed by atoms with van der Waals surface area (Å²) in [6.45, 7) is 18.0. The molecule has 0 radical (unpaired) electrons. The summed E-state index contributed by atoms with van der Waals surface area (Å²) in [5, 5.41) is 0. The molecule has 2 atom stereocenters. The average Bonchev–Trinajstić information content (AvgIpc) is 2.30. The molecule has 0 aromatic heterocycles. The Labute approximate surface area is 143 Å². The summed E-state index contributed by atoms with van der Waals surface area (Å²) in [6.07, 6.45) is 0.707. The molecule has 0 N–H and O–H groups in total. The molecule has 5 heteroatoms. The second-order valence-corrected chi connectivity index (χ2v) is 13.1. The Morgan fingerprint density at radius 3 is 2.09 bits per heavy atom. The number of hydrogen-bond acceptors (Lipinski definition) is 3. The number of carbonyl (C=O) groups is 2. The van der Waals surface area contributed by atoms with Crippen LogP contribution in [0.3, 0.4) is 0 Å². The minimum Gasteiger partial charge on any atom is -0.444 e. The zero-order valence-corrected chi connectivity index (χ0v) is 17.2. The third-order valence-corrected chi connectivity index (χ3v) is 3.94. The molecule has 4 nitrogen and oxygen atoms in total. The van der Waals surface area contributed by atoms with Crippen molar-refractivity contribution >= 4 is 20.5 Å². The number of aldehydes is 1. The molecule has 23 heavy (non-hydrogen) atoms. The predicted molar refractivity (Wildman–Crippen MR) is 98.0 cm³/mol. The fraction of sp³-hybridized carbons (Fsp3) is 0.778. The molecule has 0 aromatic carbocycles. The molecule has 0 rings (SSSR count). The molecular formula is C18H33NO3Si. The first-order chi connectivity index (χ1) is 10.3. The maximum Gasteiger partial charge on any atom is 0.411 e. The van der Waals surface area contributed by atoms with E-state index < -0.39 is 19.8 Å². The molecule has 0 aliphatic rings. The Morgan fingerprint density at radius 2 is 1.74 bits per heavy atom. The maximum absolute atomic E-state index is 12.7. The van der Waals surface area contributed by atoms with Crippen molar-refractivity contribution in [2.75, 3.05) is 0 Å². The van der Waals surface area contributed by atoms with Crippen molar-refractivity contribution in [2.24, 2.45) is 5.92 Å². The van der Waals surface area contributed by atoms with Gasteiger partial charge in [-0.05, 0) is 33.6 Å². The van der Waals surface area contributed by atoms with Crippen LogP contribution < -0.4 is 0 Å². The van der Waals surface area contributed by atoms with Gasteiger partial charge in [-0.3, -0.25) is 4.90 Å². The number of amides is 1. The standard InChI is InChI=1S/C18H33NO3Si/c1-14(2)16(11-13-23(7,8)9)19(15(3)10-12-20)17(21)22-18(4,5)6/h12,14-16H,10H2,1-9H3/t15-,16-/m0/s1. The minimum absolute atomic E-state index is 0.153. The highest BCUT2D eigenvalue weighted by molar-refractivity contribution is 6.83. The smallest absolute Gasteiger partial charge is 0.411 e. The van der Waals surface area contributed by atoms with Gasteiger partial charge in [0.15, 0.2) is 0 Å². The van der Waals surface area contributed by atoms with Crippen LogP contribution in [0.4, 0.5) is 4.79 Å². The van der Waals surface area contributed by atoms with Crippen molar-refractivity contribution in [3.05, 3.63) is 0 Å². The fourth-order valence-electron chi connectivity index (χ4n) is 1.98. The fourth-order valence-corrected chi connectivity index (χ4v) is 2.56. The molecule has 0 aromatic rings. The molecule has 132 valence electrons. The van der Waals surface area contributed by atoms with E-state index in [1.807, 2.05) is 41.5 Å². The van der Waals surface area contributed by atoms with Gasteiger partial charge in [0.1, 0.15) is 20.0 Å². The van der Waals surface area contributed by atoms with Gasteiger partial charge in [0.2, 0.25) is 0 Å². The number of ether oxygens (including phenoxy) is 1. The summed E-state index contributed by atoms with van der Waals surface area (Å²) >= 11 is 0. The molecule has 0 aliphatic heterocycles. The highest BCUT2D eigenvalue weighted by Gasteiger charge is 2.33. The lowest BCUT2D eigenvalue weighted by Crippen LogP contribution is -2.50. The number of nitrogens with zero attached hydrogens (tertiary/aromatic N) is 1. The van der Waals surface area contributed by atoms with Gasteiger partial charge in [0, 0.05) is 12.5 Å². The van der Waals surface area contributed by atoms with Crippen LogP contribution in [0.25, 0.3) is 0 Å². The second kappa shape index (κ2) is 8.54. The summed E-state index contributed by atoms with van der Waals surface area (Å²) in [5.41, 5.74) is 2.77. The van der Waals surface area contributed by atoms with Gasteiger partial charge in [-0.1, -0.05) is 39.4 Å². The molecule has 0 aliphatic carbocycles. The van der Waals surface area contributed by atoms with Crippen LogP contribution in [0.1, 0.15) is 48.0 Å². The Balaban J connectivity index is 5.70. The van der Waals surface area contributed by atoms with E-state index in [0.717, 1.165) is 6.29 Å². The third kappa shape index (κ3) is 8.80. The molecule has 0 fully saturated rings. The van der Waals surface area contributed by atoms with E-state index in [1.165, 1.54) is 0 Å². The summed E-state index contributed by atoms with van der Waals surface area (Å²) < 4.78 is 5.55. The third-order valence-electron chi connectivity index (χ3n) is 3.04. The summed E-state index contributed by atoms with van der Waals surface area (Å²) in [5.74, 6) is 3.44. The van der Waals surface area contributed by atoms with Crippen LogP contribution >= 0.6 is 0 Å². The van der Waals surface area contributed by atoms with E-state index in [9.17, 15) is 9.59 Å². The highest BCUT2D eigenvalue weighted by atomic mass is 28.3. The van der Waals surface area contributed by atoms with Crippen molar-refractivity contribution in [1.82, 2.24) is 4.90 Å². The highest BCUT2D eigenvalue weighted by Crippen LogP contribution is 2.20. The number of carbonyl (C=O) groups excluding carboxylic acids is 2. The first-order valence-electron chi connectivity index (χ1n) is 8.26. The van der Waals surface area contributed by atoms with Crippen molar-refractivity contribution < 1.29 is 14.3 Å². The van der Waals surface area contributed by atoms with Crippen LogP contribution in [-0.2, 0) is 9.53 Å². The van der Waals surface area contributed by atoms with Gasteiger partial charge >= 0.3 is 6.09 Å². The molecule has 0 saturated heterocycles. The van der Waals surface area contributed by atoms with E-state index in [4.69, 9.17) is 4.74 Å². The van der Waals surface area contributed by atoms with E-state index in [-0.39, 0.29) is 24.4 Å². The molecule has 0 saturated carbocycles. The SMILES string of the molecule is CC(C)[C@H](C#C[Si](C)(C)C)N(C(=O)OC(C)(C)C)[C@@H](C)CC=O. The first-order valence-corrected chi connectivity index (χ1v) is 11.8. The zero-order valence-electron chi connectivity index (χ0n) is 16.2. The molecule has 0 heterocycles. The Kier molecular flexibility index (Phi) is 8.06. The van der Waals surface area contributed by atoms with Crippen molar-refractivity contribution in [3.8, 4) is 11.5 Å². The zero-order chi connectivity index (χ0) is 18.4. The second-order valence-electron chi connectivity index (χ2n) is 8.35. The monoisotopic (exact) mass is 339 g/mol. The molecule has 1 amide bonds. The Hall–Kier alpha value is -1.28. The van der Waals surface area contributed by atoms with Crippen LogP contribution in [0.5, 0.6) is 0 Å². The normalized spacial score (nSPS) is 14.5. The van der Waals surface area contributed by atoms with Crippen molar-refractivity contribution in [2.45, 2.75) is 85.3 Å². The van der Waals surface area contributed by atoms with Gasteiger partial charge in [0.05, 0.1) is 6.04 Å². The van der Waals surface area contributed by atoms with Crippen LogP contribution in [-0.4, -0.2) is 43.0 Å². The summed E-state index contributed by atoms with van der Waals surface area (Å²) in [4.78, 5) is 25.2. The lowest BCUT2D eigenvalue weighted by Gasteiger charge is -2.36. The molecular weight excluding hydrogens is 306 g/mol. The van der Waals surface area contributed by atoms with Gasteiger partial charge in [-0.15, -0.1) is 5.54 Å². The topological polar surface area (TPSA) is 46.6 Å². The summed E-state index contributed by atoms with van der Waals surface area (Å²) in [6, 6.07) is -0.503. The Bertz CT molecular complexity index is 463. The molecule has 0 bridgehead atoms. The lowest BCUT2D eigenvalue weighted by atomic mass is 10.0. The van der Waals surface area contributed by atoms with E-state index in [2.05, 4.69) is 31.1 Å². The van der Waals surface area contributed by atoms with Crippen molar-refractivity contribution in [3.63, 3.8) is 0 Å². The van der Waals surface area contributed by atoms with Crippen LogP contribution in [0, 0.1) is 17.4 Å². The lowest BCUT2D eigenvalue weighted by molar-refractivity contribution is -0.108. The van der Waals surface area contributed by atoms with Gasteiger partial charge in [-0.25, -0.2) is 4.79 Å². The van der Waals surface area contributed by atoms with E-state index >= 15 is 0 Å². The largest absolute Gasteiger partial charge is 0.444 e. The van der Waals surface area contributed by atoms with Gasteiger partial charge in [0.25, 0.3) is 0 Å². The maximum atomic E-state index is 12.7. The number of hydrogen-bond donors (Lipinski definition) is 0. The first kappa shape index (κ1) is 21.7. The van der Waals surface area contributed by atoms with Crippen LogP contribution in [0.2, 0.25) is 19.6 Å². The Morgan fingerprint density at radius 1 is 1.22 bits per heavy atom. The van der Waals surface area contributed by atoms with Crippen molar-refractivity contribution in [1.29, 1.82) is 0 Å². The average molecular weight is 340 g/mol. The predicted octanol–water partition coefficient (Wildman–Crippen LogP) is 4.11. The van der Waals surface area contributed by atoms with E-state index in [1.54, 1.807) is 4.90 Å².